The molecule has 13 heavy (non-hydrogen) atoms. The summed E-state index contributed by atoms with van der Waals surface area (Å²) in [4.78, 5) is 0. The van der Waals surface area contributed by atoms with Crippen LogP contribution in [0, 0.1) is 5.82 Å². The van der Waals surface area contributed by atoms with Crippen LogP contribution in [0.5, 0.6) is 5.75 Å². The zero-order valence-electron chi connectivity index (χ0n) is 7.26. The van der Waals surface area contributed by atoms with Gasteiger partial charge >= 0.3 is 0 Å². The molecule has 1 heterocycles. The zero-order chi connectivity index (χ0) is 9.26. The van der Waals surface area contributed by atoms with E-state index >= 15 is 0 Å². The van der Waals surface area contributed by atoms with Crippen molar-refractivity contribution in [2.75, 3.05) is 6.54 Å². The standard InChI is InChI=1S/C10H12FNO/c11-10-7(3-1-5-9(10)13)8-4-2-6-12-8/h1,3,5,8,12-13H,2,4,6H2. The van der Waals surface area contributed by atoms with Gasteiger partial charge in [-0.15, -0.1) is 0 Å². The fraction of sp³-hybridized carbons (Fsp3) is 0.400. The molecule has 0 aromatic heterocycles. The van der Waals surface area contributed by atoms with E-state index < -0.39 is 5.82 Å². The Labute approximate surface area is 76.4 Å². The smallest absolute Gasteiger partial charge is 0.169 e. The quantitative estimate of drug-likeness (QED) is 0.694. The van der Waals surface area contributed by atoms with Crippen molar-refractivity contribution >= 4 is 0 Å². The van der Waals surface area contributed by atoms with Crippen LogP contribution in [0.2, 0.25) is 0 Å². The van der Waals surface area contributed by atoms with Gasteiger partial charge < -0.3 is 10.4 Å². The summed E-state index contributed by atoms with van der Waals surface area (Å²) in [6.07, 6.45) is 2.01. The molecule has 3 heteroatoms. The first kappa shape index (κ1) is 8.51. The van der Waals surface area contributed by atoms with E-state index in [4.69, 9.17) is 5.11 Å². The van der Waals surface area contributed by atoms with E-state index in [0.29, 0.717) is 5.56 Å². The van der Waals surface area contributed by atoms with Crippen LogP contribution in [-0.4, -0.2) is 11.7 Å². The van der Waals surface area contributed by atoms with E-state index in [0.717, 1.165) is 19.4 Å². The molecule has 70 valence electrons. The molecule has 0 amide bonds. The van der Waals surface area contributed by atoms with Crippen LogP contribution in [0.15, 0.2) is 18.2 Å². The highest BCUT2D eigenvalue weighted by Gasteiger charge is 2.20. The van der Waals surface area contributed by atoms with Gasteiger partial charge in [-0.25, -0.2) is 4.39 Å². The van der Waals surface area contributed by atoms with Crippen molar-refractivity contribution in [3.05, 3.63) is 29.6 Å². The Morgan fingerprint density at radius 2 is 2.31 bits per heavy atom. The molecule has 2 rings (SSSR count). The van der Waals surface area contributed by atoms with Crippen molar-refractivity contribution in [2.24, 2.45) is 0 Å². The molecular weight excluding hydrogens is 169 g/mol. The first-order valence-corrected chi connectivity index (χ1v) is 4.50. The average molecular weight is 181 g/mol. The van der Waals surface area contributed by atoms with Gasteiger partial charge in [-0.05, 0) is 25.5 Å². The summed E-state index contributed by atoms with van der Waals surface area (Å²) in [5, 5.41) is 12.3. The number of rotatable bonds is 1. The molecule has 0 radical (unpaired) electrons. The maximum absolute atomic E-state index is 13.4. The molecule has 0 spiro atoms. The molecular formula is C10H12FNO. The Morgan fingerprint density at radius 1 is 1.46 bits per heavy atom. The monoisotopic (exact) mass is 181 g/mol. The van der Waals surface area contributed by atoms with Crippen molar-refractivity contribution in [2.45, 2.75) is 18.9 Å². The normalized spacial score (nSPS) is 22.1. The maximum atomic E-state index is 13.4. The summed E-state index contributed by atoms with van der Waals surface area (Å²) in [5.41, 5.74) is 0.581. The van der Waals surface area contributed by atoms with Gasteiger partial charge in [0.25, 0.3) is 0 Å². The lowest BCUT2D eigenvalue weighted by molar-refractivity contribution is 0.423. The molecule has 1 aliphatic heterocycles. The minimum Gasteiger partial charge on any atom is -0.505 e. The lowest BCUT2D eigenvalue weighted by Crippen LogP contribution is -2.14. The molecule has 1 aromatic carbocycles. The Kier molecular flexibility index (Phi) is 2.19. The Bertz CT molecular complexity index is 308. The van der Waals surface area contributed by atoms with Gasteiger partial charge in [-0.1, -0.05) is 12.1 Å². The first-order chi connectivity index (χ1) is 6.29. The summed E-state index contributed by atoms with van der Waals surface area (Å²) < 4.78 is 13.4. The van der Waals surface area contributed by atoms with Gasteiger partial charge in [0.2, 0.25) is 0 Å². The summed E-state index contributed by atoms with van der Waals surface area (Å²) >= 11 is 0. The first-order valence-electron chi connectivity index (χ1n) is 4.50. The van der Waals surface area contributed by atoms with Crippen molar-refractivity contribution in [1.29, 1.82) is 0 Å². The predicted molar refractivity (Wildman–Crippen MR) is 48.0 cm³/mol. The number of phenols is 1. The van der Waals surface area contributed by atoms with Crippen molar-refractivity contribution in [1.82, 2.24) is 5.32 Å². The molecule has 1 fully saturated rings. The number of benzene rings is 1. The number of aromatic hydroxyl groups is 1. The number of nitrogens with one attached hydrogen (secondary N) is 1. The highest BCUT2D eigenvalue weighted by Crippen LogP contribution is 2.28. The third-order valence-electron chi connectivity index (χ3n) is 2.44. The van der Waals surface area contributed by atoms with Crippen LogP contribution in [0.4, 0.5) is 4.39 Å². The van der Waals surface area contributed by atoms with Crippen molar-refractivity contribution in [3.8, 4) is 5.75 Å². The summed E-state index contributed by atoms with van der Waals surface area (Å²) in [6, 6.07) is 4.84. The van der Waals surface area contributed by atoms with E-state index in [-0.39, 0.29) is 11.8 Å². The van der Waals surface area contributed by atoms with Gasteiger partial charge in [-0.2, -0.15) is 0 Å². The van der Waals surface area contributed by atoms with Crippen LogP contribution in [0.3, 0.4) is 0 Å². The molecule has 1 unspecified atom stereocenters. The van der Waals surface area contributed by atoms with E-state index in [1.807, 2.05) is 0 Å². The number of phenolic OH excluding ortho intramolecular Hbond substituents is 1. The van der Waals surface area contributed by atoms with E-state index in [2.05, 4.69) is 5.32 Å². The molecule has 0 bridgehead atoms. The Morgan fingerprint density at radius 3 is 3.00 bits per heavy atom. The molecule has 2 nitrogen and oxygen atoms in total. The van der Waals surface area contributed by atoms with Crippen molar-refractivity contribution < 1.29 is 9.50 Å². The van der Waals surface area contributed by atoms with Gasteiger partial charge in [0.15, 0.2) is 11.6 Å². The van der Waals surface area contributed by atoms with Crippen LogP contribution in [0.1, 0.15) is 24.4 Å². The van der Waals surface area contributed by atoms with Crippen LogP contribution < -0.4 is 5.32 Å². The Balaban J connectivity index is 2.33. The highest BCUT2D eigenvalue weighted by molar-refractivity contribution is 5.32. The second kappa shape index (κ2) is 3.34. The van der Waals surface area contributed by atoms with E-state index in [1.165, 1.54) is 6.07 Å². The minimum atomic E-state index is -0.484. The fourth-order valence-electron chi connectivity index (χ4n) is 1.76. The third kappa shape index (κ3) is 1.52. The maximum Gasteiger partial charge on any atom is 0.169 e. The van der Waals surface area contributed by atoms with Crippen molar-refractivity contribution in [3.63, 3.8) is 0 Å². The summed E-state index contributed by atoms with van der Waals surface area (Å²) in [6.45, 7) is 0.930. The fourth-order valence-corrected chi connectivity index (χ4v) is 1.76. The molecule has 1 atom stereocenters. The molecule has 0 saturated carbocycles. The second-order valence-electron chi connectivity index (χ2n) is 3.33. The topological polar surface area (TPSA) is 32.3 Å². The van der Waals surface area contributed by atoms with Gasteiger partial charge in [-0.3, -0.25) is 0 Å². The lowest BCUT2D eigenvalue weighted by atomic mass is 10.0. The van der Waals surface area contributed by atoms with Gasteiger partial charge in [0.05, 0.1) is 0 Å². The minimum absolute atomic E-state index is 0.0760. The molecule has 2 N–H and O–H groups in total. The van der Waals surface area contributed by atoms with Crippen LogP contribution in [-0.2, 0) is 0 Å². The second-order valence-corrected chi connectivity index (χ2v) is 3.33. The zero-order valence-corrected chi connectivity index (χ0v) is 7.26. The lowest BCUT2D eigenvalue weighted by Gasteiger charge is -2.11. The SMILES string of the molecule is Oc1cccc(C2CCCN2)c1F. The molecule has 1 aromatic rings. The third-order valence-corrected chi connectivity index (χ3v) is 2.44. The van der Waals surface area contributed by atoms with Crippen LogP contribution >= 0.6 is 0 Å². The average Bonchev–Trinajstić information content (AvgIpc) is 2.62. The summed E-state index contributed by atoms with van der Waals surface area (Å²) in [7, 11) is 0. The molecule has 1 aliphatic rings. The number of hydrogen-bond acceptors (Lipinski definition) is 2. The van der Waals surface area contributed by atoms with Gasteiger partial charge in [0, 0.05) is 11.6 Å². The predicted octanol–water partition coefficient (Wildman–Crippen LogP) is 1.96. The molecule has 1 saturated heterocycles. The van der Waals surface area contributed by atoms with E-state index in [9.17, 15) is 4.39 Å². The molecule has 0 aliphatic carbocycles. The van der Waals surface area contributed by atoms with E-state index in [1.54, 1.807) is 12.1 Å². The van der Waals surface area contributed by atoms with Gasteiger partial charge in [0.1, 0.15) is 0 Å². The Hall–Kier alpha value is -1.09. The summed E-state index contributed by atoms with van der Waals surface area (Å²) in [5.74, 6) is -0.742. The number of hydrogen-bond donors (Lipinski definition) is 2. The largest absolute Gasteiger partial charge is 0.505 e. The van der Waals surface area contributed by atoms with Crippen LogP contribution in [0.25, 0.3) is 0 Å². The number of halogens is 1. The highest BCUT2D eigenvalue weighted by atomic mass is 19.1.